The molecule has 4 nitrogen and oxygen atoms in total. The molecule has 0 aromatic carbocycles. The Bertz CT molecular complexity index is 332. The van der Waals surface area contributed by atoms with Gasteiger partial charge in [0, 0.05) is 25.3 Å². The van der Waals surface area contributed by atoms with Crippen LogP contribution in [-0.4, -0.2) is 37.7 Å². The molecule has 1 saturated heterocycles. The molecule has 1 heterocycles. The second-order valence-electron chi connectivity index (χ2n) is 7.70. The fourth-order valence-electron chi connectivity index (χ4n) is 3.76. The maximum Gasteiger partial charge on any atom is 0.234 e. The lowest BCUT2D eigenvalue weighted by atomic mass is 9.69. The largest absolute Gasteiger partial charge is 0.381 e. The lowest BCUT2D eigenvalue weighted by Crippen LogP contribution is -2.49. The average molecular weight is 296 g/mol. The Morgan fingerprint density at radius 3 is 2.43 bits per heavy atom. The Kier molecular flexibility index (Phi) is 6.06. The van der Waals surface area contributed by atoms with Gasteiger partial charge in [0.15, 0.2) is 0 Å². The SMILES string of the molecule is CC(C)(C)[C@H]1CCCC[C@@H]1NCC(=O)NC1CCOCC1. The Balaban J connectivity index is 1.76. The van der Waals surface area contributed by atoms with Gasteiger partial charge in [0.05, 0.1) is 6.54 Å². The highest BCUT2D eigenvalue weighted by atomic mass is 16.5. The van der Waals surface area contributed by atoms with E-state index in [1.54, 1.807) is 0 Å². The summed E-state index contributed by atoms with van der Waals surface area (Å²) < 4.78 is 5.32. The van der Waals surface area contributed by atoms with E-state index in [-0.39, 0.29) is 5.91 Å². The predicted molar refractivity (Wildman–Crippen MR) is 85.2 cm³/mol. The van der Waals surface area contributed by atoms with E-state index in [1.165, 1.54) is 25.7 Å². The van der Waals surface area contributed by atoms with Crippen molar-refractivity contribution in [3.05, 3.63) is 0 Å². The van der Waals surface area contributed by atoms with Crippen molar-refractivity contribution in [2.75, 3.05) is 19.8 Å². The molecule has 2 aliphatic rings. The molecule has 1 amide bonds. The fourth-order valence-corrected chi connectivity index (χ4v) is 3.76. The van der Waals surface area contributed by atoms with Gasteiger partial charge in [-0.2, -0.15) is 0 Å². The number of carbonyl (C=O) groups is 1. The minimum Gasteiger partial charge on any atom is -0.381 e. The highest BCUT2D eigenvalue weighted by Gasteiger charge is 2.34. The monoisotopic (exact) mass is 296 g/mol. The summed E-state index contributed by atoms with van der Waals surface area (Å²) in [7, 11) is 0. The van der Waals surface area contributed by atoms with Crippen molar-refractivity contribution in [2.24, 2.45) is 11.3 Å². The first-order valence-electron chi connectivity index (χ1n) is 8.57. The Morgan fingerprint density at radius 1 is 1.10 bits per heavy atom. The third kappa shape index (κ3) is 5.26. The number of hydrogen-bond acceptors (Lipinski definition) is 3. The van der Waals surface area contributed by atoms with E-state index in [9.17, 15) is 4.79 Å². The van der Waals surface area contributed by atoms with Crippen LogP contribution in [0.25, 0.3) is 0 Å². The first-order chi connectivity index (χ1) is 9.97. The van der Waals surface area contributed by atoms with Crippen LogP contribution >= 0.6 is 0 Å². The summed E-state index contributed by atoms with van der Waals surface area (Å²) in [6, 6.07) is 0.789. The van der Waals surface area contributed by atoms with Crippen molar-refractivity contribution in [1.82, 2.24) is 10.6 Å². The second kappa shape index (κ2) is 7.59. The molecule has 1 aliphatic heterocycles. The number of ether oxygens (including phenoxy) is 1. The number of hydrogen-bond donors (Lipinski definition) is 2. The summed E-state index contributed by atoms with van der Waals surface area (Å²) in [6.07, 6.45) is 6.98. The van der Waals surface area contributed by atoms with E-state index in [0.717, 1.165) is 26.1 Å². The number of nitrogens with one attached hydrogen (secondary N) is 2. The molecule has 0 spiro atoms. The van der Waals surface area contributed by atoms with Gasteiger partial charge in [-0.15, -0.1) is 0 Å². The van der Waals surface area contributed by atoms with Crippen molar-refractivity contribution in [3.63, 3.8) is 0 Å². The van der Waals surface area contributed by atoms with E-state index in [0.29, 0.717) is 30.0 Å². The van der Waals surface area contributed by atoms with Crippen LogP contribution in [0.5, 0.6) is 0 Å². The quantitative estimate of drug-likeness (QED) is 0.838. The molecule has 2 fully saturated rings. The molecule has 2 rings (SSSR count). The van der Waals surface area contributed by atoms with E-state index in [4.69, 9.17) is 4.74 Å². The molecule has 21 heavy (non-hydrogen) atoms. The Labute approximate surface area is 129 Å². The van der Waals surface area contributed by atoms with E-state index < -0.39 is 0 Å². The standard InChI is InChI=1S/C17H32N2O2/c1-17(2,3)14-6-4-5-7-15(14)18-12-16(20)19-13-8-10-21-11-9-13/h13-15,18H,4-12H2,1-3H3,(H,19,20)/t14-,15-/m0/s1. The summed E-state index contributed by atoms with van der Waals surface area (Å²) in [5.74, 6) is 0.808. The van der Waals surface area contributed by atoms with Gasteiger partial charge in [-0.05, 0) is 37.0 Å². The highest BCUT2D eigenvalue weighted by Crippen LogP contribution is 2.37. The van der Waals surface area contributed by atoms with Crippen molar-refractivity contribution >= 4 is 5.91 Å². The molecule has 0 radical (unpaired) electrons. The van der Waals surface area contributed by atoms with Gasteiger partial charge in [0.25, 0.3) is 0 Å². The molecule has 0 aromatic heterocycles. The van der Waals surface area contributed by atoms with E-state index >= 15 is 0 Å². The molecule has 2 atom stereocenters. The Hall–Kier alpha value is -0.610. The number of rotatable bonds is 4. The number of carbonyl (C=O) groups excluding carboxylic acids is 1. The van der Waals surface area contributed by atoms with Gasteiger partial charge in [-0.1, -0.05) is 33.6 Å². The summed E-state index contributed by atoms with van der Waals surface area (Å²) in [4.78, 5) is 12.1. The Morgan fingerprint density at radius 2 is 1.76 bits per heavy atom. The number of amides is 1. The zero-order valence-electron chi connectivity index (χ0n) is 13.9. The highest BCUT2D eigenvalue weighted by molar-refractivity contribution is 5.78. The van der Waals surface area contributed by atoms with Crippen molar-refractivity contribution < 1.29 is 9.53 Å². The second-order valence-corrected chi connectivity index (χ2v) is 7.70. The van der Waals surface area contributed by atoms with Crippen LogP contribution < -0.4 is 10.6 Å². The van der Waals surface area contributed by atoms with Crippen LogP contribution in [0.1, 0.15) is 59.3 Å². The summed E-state index contributed by atoms with van der Waals surface area (Å²) in [6.45, 7) is 8.95. The first kappa shape index (κ1) is 16.8. The lowest BCUT2D eigenvalue weighted by Gasteiger charge is -2.41. The zero-order valence-corrected chi connectivity index (χ0v) is 13.9. The smallest absolute Gasteiger partial charge is 0.234 e. The van der Waals surface area contributed by atoms with E-state index in [1.807, 2.05) is 0 Å². The molecule has 4 heteroatoms. The normalized spacial score (nSPS) is 28.3. The zero-order chi connectivity index (χ0) is 15.3. The van der Waals surface area contributed by atoms with Crippen molar-refractivity contribution in [2.45, 2.75) is 71.4 Å². The maximum atomic E-state index is 12.1. The summed E-state index contributed by atoms with van der Waals surface area (Å²) in [5, 5.41) is 6.65. The van der Waals surface area contributed by atoms with Crippen LogP contribution in [-0.2, 0) is 9.53 Å². The molecule has 1 saturated carbocycles. The molecular weight excluding hydrogens is 264 g/mol. The molecule has 0 bridgehead atoms. The van der Waals surface area contributed by atoms with Crippen LogP contribution in [0.3, 0.4) is 0 Å². The topological polar surface area (TPSA) is 50.4 Å². The lowest BCUT2D eigenvalue weighted by molar-refractivity contribution is -0.121. The third-order valence-corrected chi connectivity index (χ3v) is 4.99. The van der Waals surface area contributed by atoms with Gasteiger partial charge in [0.2, 0.25) is 5.91 Å². The average Bonchev–Trinajstić information content (AvgIpc) is 2.45. The van der Waals surface area contributed by atoms with E-state index in [2.05, 4.69) is 31.4 Å². The molecule has 0 unspecified atom stereocenters. The predicted octanol–water partition coefficient (Wildman–Crippen LogP) is 2.48. The van der Waals surface area contributed by atoms with Crippen LogP contribution in [0.4, 0.5) is 0 Å². The minimum absolute atomic E-state index is 0.139. The third-order valence-electron chi connectivity index (χ3n) is 4.99. The van der Waals surface area contributed by atoms with Gasteiger partial charge >= 0.3 is 0 Å². The van der Waals surface area contributed by atoms with Gasteiger partial charge in [-0.3, -0.25) is 4.79 Å². The van der Waals surface area contributed by atoms with Gasteiger partial charge in [-0.25, -0.2) is 0 Å². The summed E-state index contributed by atoms with van der Waals surface area (Å²) in [5.41, 5.74) is 0.315. The fraction of sp³-hybridized carbons (Fsp3) is 0.941. The van der Waals surface area contributed by atoms with Crippen LogP contribution in [0, 0.1) is 11.3 Å². The van der Waals surface area contributed by atoms with Crippen LogP contribution in [0.2, 0.25) is 0 Å². The minimum atomic E-state index is 0.139. The van der Waals surface area contributed by atoms with Crippen LogP contribution in [0.15, 0.2) is 0 Å². The van der Waals surface area contributed by atoms with Crippen molar-refractivity contribution in [1.29, 1.82) is 0 Å². The molecule has 0 aromatic rings. The van der Waals surface area contributed by atoms with Gasteiger partial charge in [0.1, 0.15) is 0 Å². The summed E-state index contributed by atoms with van der Waals surface area (Å²) >= 11 is 0. The molecule has 2 N–H and O–H groups in total. The molecule has 1 aliphatic carbocycles. The van der Waals surface area contributed by atoms with Crippen molar-refractivity contribution in [3.8, 4) is 0 Å². The maximum absolute atomic E-state index is 12.1. The van der Waals surface area contributed by atoms with Gasteiger partial charge < -0.3 is 15.4 Å². The first-order valence-corrected chi connectivity index (χ1v) is 8.57. The molecular formula is C17H32N2O2. The molecule has 122 valence electrons.